The maximum atomic E-state index is 10.9. The summed E-state index contributed by atoms with van der Waals surface area (Å²) < 4.78 is 0. The van der Waals surface area contributed by atoms with Gasteiger partial charge in [0.1, 0.15) is 5.75 Å². The summed E-state index contributed by atoms with van der Waals surface area (Å²) in [5.74, 6) is 1.87. The summed E-state index contributed by atoms with van der Waals surface area (Å²) >= 11 is 0. The SMILES string of the molecule is CCc1cc(C2CCCCC2)c(O)c(C2CCCCC2)c1. The zero-order valence-electron chi connectivity index (χ0n) is 13.5. The average Bonchev–Trinajstić information content (AvgIpc) is 2.57. The van der Waals surface area contributed by atoms with Crippen LogP contribution in [0.2, 0.25) is 0 Å². The van der Waals surface area contributed by atoms with Crippen molar-refractivity contribution in [3.63, 3.8) is 0 Å². The number of hydrogen-bond donors (Lipinski definition) is 1. The Hall–Kier alpha value is -0.980. The molecule has 1 heteroatoms. The molecular formula is C20H30O. The highest BCUT2D eigenvalue weighted by Gasteiger charge is 2.25. The third-order valence-electron chi connectivity index (χ3n) is 5.73. The molecular weight excluding hydrogens is 256 g/mol. The van der Waals surface area contributed by atoms with Crippen LogP contribution in [0.15, 0.2) is 12.1 Å². The minimum absolute atomic E-state index is 0.604. The van der Waals surface area contributed by atoms with Crippen LogP contribution in [-0.4, -0.2) is 5.11 Å². The van der Waals surface area contributed by atoms with Crippen LogP contribution in [0.3, 0.4) is 0 Å². The van der Waals surface area contributed by atoms with E-state index in [-0.39, 0.29) is 0 Å². The van der Waals surface area contributed by atoms with E-state index in [1.54, 1.807) is 0 Å². The first kappa shape index (κ1) is 14.9. The molecule has 1 aromatic rings. The number of hydrogen-bond acceptors (Lipinski definition) is 1. The molecule has 2 fully saturated rings. The fraction of sp³-hybridized carbons (Fsp3) is 0.700. The number of aromatic hydroxyl groups is 1. The average molecular weight is 286 g/mol. The van der Waals surface area contributed by atoms with Gasteiger partial charge in [0.05, 0.1) is 0 Å². The van der Waals surface area contributed by atoms with Gasteiger partial charge in [0.15, 0.2) is 0 Å². The van der Waals surface area contributed by atoms with E-state index in [4.69, 9.17) is 0 Å². The van der Waals surface area contributed by atoms with Crippen LogP contribution < -0.4 is 0 Å². The van der Waals surface area contributed by atoms with E-state index in [2.05, 4.69) is 19.1 Å². The van der Waals surface area contributed by atoms with Crippen molar-refractivity contribution in [1.82, 2.24) is 0 Å². The van der Waals surface area contributed by atoms with Crippen LogP contribution in [0.5, 0.6) is 5.75 Å². The number of phenolic OH excluding ortho intramolecular Hbond substituents is 1. The first-order chi connectivity index (χ1) is 10.3. The van der Waals surface area contributed by atoms with E-state index in [1.165, 1.54) is 80.9 Å². The Morgan fingerprint density at radius 3 is 1.62 bits per heavy atom. The van der Waals surface area contributed by atoms with E-state index in [0.717, 1.165) is 6.42 Å². The second-order valence-electron chi connectivity index (χ2n) is 7.15. The van der Waals surface area contributed by atoms with Gasteiger partial charge in [0, 0.05) is 0 Å². The molecule has 3 rings (SSSR count). The lowest BCUT2D eigenvalue weighted by atomic mass is 9.78. The van der Waals surface area contributed by atoms with Crippen LogP contribution in [0.25, 0.3) is 0 Å². The summed E-state index contributed by atoms with van der Waals surface area (Å²) in [5, 5.41) is 10.9. The normalized spacial score (nSPS) is 21.6. The summed E-state index contributed by atoms with van der Waals surface area (Å²) in [5.41, 5.74) is 3.97. The molecule has 0 heterocycles. The lowest BCUT2D eigenvalue weighted by Crippen LogP contribution is -2.10. The lowest BCUT2D eigenvalue weighted by molar-refractivity contribution is 0.392. The Morgan fingerprint density at radius 2 is 1.24 bits per heavy atom. The van der Waals surface area contributed by atoms with E-state index in [0.29, 0.717) is 17.6 Å². The standard InChI is InChI=1S/C20H30O/c1-2-15-13-18(16-9-5-3-6-10-16)20(21)19(14-15)17-11-7-4-8-12-17/h13-14,16-17,21H,2-12H2,1H3. The first-order valence-electron chi connectivity index (χ1n) is 9.15. The van der Waals surface area contributed by atoms with Crippen LogP contribution in [0.4, 0.5) is 0 Å². The second-order valence-corrected chi connectivity index (χ2v) is 7.15. The molecule has 2 aliphatic carbocycles. The zero-order valence-corrected chi connectivity index (χ0v) is 13.5. The predicted molar refractivity (Wildman–Crippen MR) is 89.1 cm³/mol. The molecule has 116 valence electrons. The van der Waals surface area contributed by atoms with Crippen molar-refractivity contribution < 1.29 is 5.11 Å². The molecule has 0 bridgehead atoms. The molecule has 0 unspecified atom stereocenters. The number of benzene rings is 1. The molecule has 1 nitrogen and oxygen atoms in total. The van der Waals surface area contributed by atoms with Gasteiger partial charge in [0.2, 0.25) is 0 Å². The van der Waals surface area contributed by atoms with Gasteiger partial charge in [-0.25, -0.2) is 0 Å². The predicted octanol–water partition coefficient (Wildman–Crippen LogP) is 6.05. The highest BCUT2D eigenvalue weighted by Crippen LogP contribution is 2.44. The molecule has 0 atom stereocenters. The van der Waals surface area contributed by atoms with Crippen LogP contribution in [-0.2, 0) is 6.42 Å². The van der Waals surface area contributed by atoms with Crippen molar-refractivity contribution in [3.8, 4) is 5.75 Å². The van der Waals surface area contributed by atoms with Crippen LogP contribution >= 0.6 is 0 Å². The molecule has 0 radical (unpaired) electrons. The van der Waals surface area contributed by atoms with Crippen molar-refractivity contribution in [3.05, 3.63) is 28.8 Å². The molecule has 0 aliphatic heterocycles. The van der Waals surface area contributed by atoms with Gasteiger partial charge >= 0.3 is 0 Å². The molecule has 21 heavy (non-hydrogen) atoms. The Morgan fingerprint density at radius 1 is 0.810 bits per heavy atom. The smallest absolute Gasteiger partial charge is 0.122 e. The number of rotatable bonds is 3. The fourth-order valence-corrected chi connectivity index (χ4v) is 4.40. The maximum Gasteiger partial charge on any atom is 0.122 e. The van der Waals surface area contributed by atoms with E-state index >= 15 is 0 Å². The van der Waals surface area contributed by atoms with Gasteiger partial charge in [-0.1, -0.05) is 57.6 Å². The molecule has 0 amide bonds. The Bertz CT molecular complexity index is 426. The third-order valence-corrected chi connectivity index (χ3v) is 5.73. The largest absolute Gasteiger partial charge is 0.507 e. The highest BCUT2D eigenvalue weighted by molar-refractivity contribution is 5.47. The highest BCUT2D eigenvalue weighted by atomic mass is 16.3. The Balaban J connectivity index is 1.94. The summed E-state index contributed by atoms with van der Waals surface area (Å²) in [6.45, 7) is 2.24. The molecule has 1 N–H and O–H groups in total. The Kier molecular flexibility index (Phi) is 4.87. The first-order valence-corrected chi connectivity index (χ1v) is 9.15. The van der Waals surface area contributed by atoms with E-state index in [9.17, 15) is 5.11 Å². The van der Waals surface area contributed by atoms with Crippen molar-refractivity contribution in [1.29, 1.82) is 0 Å². The Labute approximate surface area is 129 Å². The van der Waals surface area contributed by atoms with Crippen LogP contribution in [0.1, 0.15) is 99.7 Å². The van der Waals surface area contributed by atoms with E-state index in [1.807, 2.05) is 0 Å². The minimum atomic E-state index is 0.604. The summed E-state index contributed by atoms with van der Waals surface area (Å²) in [7, 11) is 0. The lowest BCUT2D eigenvalue weighted by Gasteiger charge is -2.28. The van der Waals surface area contributed by atoms with E-state index < -0.39 is 0 Å². The number of phenols is 1. The topological polar surface area (TPSA) is 20.2 Å². The molecule has 0 aromatic heterocycles. The quantitative estimate of drug-likeness (QED) is 0.717. The van der Waals surface area contributed by atoms with Gasteiger partial charge in [-0.05, 0) is 60.6 Å². The molecule has 2 aliphatic rings. The van der Waals surface area contributed by atoms with Gasteiger partial charge < -0.3 is 5.11 Å². The molecule has 0 saturated heterocycles. The van der Waals surface area contributed by atoms with Crippen molar-refractivity contribution >= 4 is 0 Å². The molecule has 2 saturated carbocycles. The summed E-state index contributed by atoms with van der Waals surface area (Å²) in [6, 6.07) is 4.61. The summed E-state index contributed by atoms with van der Waals surface area (Å²) in [4.78, 5) is 0. The monoisotopic (exact) mass is 286 g/mol. The fourth-order valence-electron chi connectivity index (χ4n) is 4.40. The van der Waals surface area contributed by atoms with Crippen LogP contribution in [0, 0.1) is 0 Å². The van der Waals surface area contributed by atoms with Gasteiger partial charge in [-0.3, -0.25) is 0 Å². The maximum absolute atomic E-state index is 10.9. The zero-order chi connectivity index (χ0) is 14.7. The van der Waals surface area contributed by atoms with Gasteiger partial charge in [-0.15, -0.1) is 0 Å². The molecule has 0 spiro atoms. The second kappa shape index (κ2) is 6.85. The minimum Gasteiger partial charge on any atom is -0.507 e. The summed E-state index contributed by atoms with van der Waals surface area (Å²) in [6.07, 6.45) is 14.2. The van der Waals surface area contributed by atoms with Crippen molar-refractivity contribution in [2.75, 3.05) is 0 Å². The van der Waals surface area contributed by atoms with Gasteiger partial charge in [-0.2, -0.15) is 0 Å². The number of aryl methyl sites for hydroxylation is 1. The van der Waals surface area contributed by atoms with Crippen molar-refractivity contribution in [2.24, 2.45) is 0 Å². The van der Waals surface area contributed by atoms with Crippen molar-refractivity contribution in [2.45, 2.75) is 89.4 Å². The third kappa shape index (κ3) is 3.27. The van der Waals surface area contributed by atoms with Gasteiger partial charge in [0.25, 0.3) is 0 Å². The molecule has 1 aromatic carbocycles.